The van der Waals surface area contributed by atoms with Gasteiger partial charge in [-0.25, -0.2) is 8.42 Å². The van der Waals surface area contributed by atoms with Gasteiger partial charge in [0.15, 0.2) is 0 Å². The van der Waals surface area contributed by atoms with Gasteiger partial charge in [-0.3, -0.25) is 9.10 Å². The van der Waals surface area contributed by atoms with E-state index in [1.54, 1.807) is 19.1 Å². The number of anilines is 2. The van der Waals surface area contributed by atoms with E-state index >= 15 is 0 Å². The number of carbonyl (C=O) groups excluding carboxylic acids is 1. The lowest BCUT2D eigenvalue weighted by Gasteiger charge is -2.30. The highest BCUT2D eigenvalue weighted by Gasteiger charge is 2.32. The van der Waals surface area contributed by atoms with Gasteiger partial charge >= 0.3 is 0 Å². The molecule has 1 amide bonds. The third-order valence-electron chi connectivity index (χ3n) is 3.80. The van der Waals surface area contributed by atoms with Gasteiger partial charge in [0.25, 0.3) is 0 Å². The Labute approximate surface area is 174 Å². The molecule has 0 saturated carbocycles. The molecule has 0 bridgehead atoms. The van der Waals surface area contributed by atoms with Crippen molar-refractivity contribution in [2.45, 2.75) is 24.3 Å². The molecule has 0 aliphatic heterocycles. The van der Waals surface area contributed by atoms with Gasteiger partial charge in [0, 0.05) is 14.9 Å². The Hall–Kier alpha value is -1.41. The van der Waals surface area contributed by atoms with E-state index < -0.39 is 22.0 Å². The summed E-state index contributed by atoms with van der Waals surface area (Å²) in [6.45, 7) is 1.75. The molecule has 5 nitrogen and oxygen atoms in total. The molecule has 0 aliphatic carbocycles. The summed E-state index contributed by atoms with van der Waals surface area (Å²) < 4.78 is 26.0. The average Bonchev–Trinajstić information content (AvgIpc) is 2.57. The van der Waals surface area contributed by atoms with Crippen molar-refractivity contribution in [1.29, 1.82) is 0 Å². The summed E-state index contributed by atoms with van der Waals surface area (Å²) in [5, 5.41) is 3.40. The fraction of sp³-hybridized carbons (Fsp3) is 0.278. The van der Waals surface area contributed by atoms with E-state index in [0.717, 1.165) is 15.5 Å². The first kappa shape index (κ1) is 21.9. The lowest BCUT2D eigenvalue weighted by Crippen LogP contribution is -2.47. The van der Waals surface area contributed by atoms with Crippen LogP contribution in [0.5, 0.6) is 0 Å². The molecule has 0 fully saturated rings. The molecule has 1 unspecified atom stereocenters. The van der Waals surface area contributed by atoms with Gasteiger partial charge in [0.2, 0.25) is 15.9 Å². The summed E-state index contributed by atoms with van der Waals surface area (Å²) in [7, 11) is -3.77. The number of benzene rings is 2. The normalized spacial score (nSPS) is 12.5. The fourth-order valence-corrected chi connectivity index (χ4v) is 4.95. The molecular weight excluding hydrogens is 427 g/mol. The van der Waals surface area contributed by atoms with Gasteiger partial charge in [0.05, 0.1) is 17.6 Å². The zero-order valence-electron chi connectivity index (χ0n) is 15.1. The minimum Gasteiger partial charge on any atom is -0.323 e. The van der Waals surface area contributed by atoms with Crippen molar-refractivity contribution in [3.05, 3.63) is 52.5 Å². The highest BCUT2D eigenvalue weighted by Crippen LogP contribution is 2.30. The van der Waals surface area contributed by atoms with Crippen LogP contribution in [0.1, 0.15) is 13.3 Å². The highest BCUT2D eigenvalue weighted by atomic mass is 35.5. The number of hydrogen-bond donors (Lipinski definition) is 1. The molecule has 0 aliphatic rings. The van der Waals surface area contributed by atoms with Crippen molar-refractivity contribution in [2.75, 3.05) is 22.1 Å². The van der Waals surface area contributed by atoms with Gasteiger partial charge in [-0.2, -0.15) is 0 Å². The van der Waals surface area contributed by atoms with Gasteiger partial charge in [-0.05, 0) is 43.0 Å². The number of nitrogens with zero attached hydrogens (tertiary/aromatic N) is 1. The van der Waals surface area contributed by atoms with Crippen molar-refractivity contribution in [3.8, 4) is 0 Å². The van der Waals surface area contributed by atoms with Crippen LogP contribution in [-0.4, -0.2) is 32.9 Å². The molecule has 2 aromatic rings. The average molecular weight is 447 g/mol. The number of hydrogen-bond acceptors (Lipinski definition) is 4. The number of nitrogens with one attached hydrogen (secondary N) is 1. The summed E-state index contributed by atoms with van der Waals surface area (Å²) >= 11 is 13.6. The Kier molecular flexibility index (Phi) is 7.45. The zero-order chi connectivity index (χ0) is 20.2. The van der Waals surface area contributed by atoms with E-state index in [0.29, 0.717) is 5.69 Å². The molecule has 0 aromatic heterocycles. The highest BCUT2D eigenvalue weighted by molar-refractivity contribution is 7.98. The van der Waals surface area contributed by atoms with Crippen molar-refractivity contribution in [1.82, 2.24) is 0 Å². The number of rotatable bonds is 7. The quantitative estimate of drug-likeness (QED) is 0.614. The van der Waals surface area contributed by atoms with Crippen LogP contribution in [0.4, 0.5) is 11.4 Å². The third kappa shape index (κ3) is 5.54. The smallest absolute Gasteiger partial charge is 0.248 e. The molecule has 0 spiro atoms. The van der Waals surface area contributed by atoms with Crippen LogP contribution in [-0.2, 0) is 14.8 Å². The molecule has 9 heteroatoms. The van der Waals surface area contributed by atoms with Crippen LogP contribution in [0.3, 0.4) is 0 Å². The van der Waals surface area contributed by atoms with Crippen molar-refractivity contribution >= 4 is 62.3 Å². The molecule has 2 aromatic carbocycles. The summed E-state index contributed by atoms with van der Waals surface area (Å²) in [4.78, 5) is 13.8. The predicted octanol–water partition coefficient (Wildman–Crippen LogP) is 4.90. The summed E-state index contributed by atoms with van der Waals surface area (Å²) in [6.07, 6.45) is 3.22. The van der Waals surface area contributed by atoms with Gasteiger partial charge in [0.1, 0.15) is 6.04 Å². The largest absolute Gasteiger partial charge is 0.323 e. The van der Waals surface area contributed by atoms with Crippen molar-refractivity contribution < 1.29 is 13.2 Å². The second-order valence-electron chi connectivity index (χ2n) is 5.80. The number of sulfonamides is 1. The lowest BCUT2D eigenvalue weighted by molar-refractivity contribution is -0.117. The fourth-order valence-electron chi connectivity index (χ4n) is 2.69. The van der Waals surface area contributed by atoms with Crippen molar-refractivity contribution in [3.63, 3.8) is 0 Å². The first-order valence-corrected chi connectivity index (χ1v) is 11.9. The van der Waals surface area contributed by atoms with E-state index in [9.17, 15) is 13.2 Å². The number of carbonyl (C=O) groups is 1. The van der Waals surface area contributed by atoms with Crippen LogP contribution in [0.2, 0.25) is 10.0 Å². The molecule has 27 heavy (non-hydrogen) atoms. The summed E-state index contributed by atoms with van der Waals surface area (Å²) in [5.41, 5.74) is 0.876. The molecule has 146 valence electrons. The number of amides is 1. The SMILES string of the molecule is CCC(C(=O)Nc1ccccc1SC)N(c1cc(Cl)cc(Cl)c1)S(C)(=O)=O. The van der Waals surface area contributed by atoms with E-state index in [1.807, 2.05) is 18.4 Å². The maximum absolute atomic E-state index is 13.0. The van der Waals surface area contributed by atoms with Gasteiger partial charge < -0.3 is 5.32 Å². The summed E-state index contributed by atoms with van der Waals surface area (Å²) in [5.74, 6) is -0.430. The lowest BCUT2D eigenvalue weighted by atomic mass is 10.2. The van der Waals surface area contributed by atoms with E-state index in [-0.39, 0.29) is 22.2 Å². The Morgan fingerprint density at radius 3 is 2.30 bits per heavy atom. The Morgan fingerprint density at radius 2 is 1.78 bits per heavy atom. The first-order chi connectivity index (χ1) is 12.7. The first-order valence-electron chi connectivity index (χ1n) is 8.06. The number of thioether (sulfide) groups is 1. The minimum absolute atomic E-state index is 0.246. The van der Waals surface area contributed by atoms with Crippen molar-refractivity contribution in [2.24, 2.45) is 0 Å². The summed E-state index contributed by atoms with van der Waals surface area (Å²) in [6, 6.07) is 10.8. The molecular formula is C18H20Cl2N2O3S2. The molecule has 0 radical (unpaired) electrons. The molecule has 1 N–H and O–H groups in total. The maximum atomic E-state index is 13.0. The van der Waals surface area contributed by atoms with E-state index in [4.69, 9.17) is 23.2 Å². The molecule has 0 heterocycles. The van der Waals surface area contributed by atoms with Crippen LogP contribution in [0.25, 0.3) is 0 Å². The van der Waals surface area contributed by atoms with Crippen LogP contribution >= 0.6 is 35.0 Å². The molecule has 0 saturated heterocycles. The second kappa shape index (κ2) is 9.19. The van der Waals surface area contributed by atoms with E-state index in [1.165, 1.54) is 30.0 Å². The van der Waals surface area contributed by atoms with Crippen LogP contribution in [0, 0.1) is 0 Å². The number of para-hydroxylation sites is 1. The second-order valence-corrected chi connectivity index (χ2v) is 9.38. The third-order valence-corrected chi connectivity index (χ3v) is 6.21. The molecule has 1 atom stereocenters. The monoisotopic (exact) mass is 446 g/mol. The van der Waals surface area contributed by atoms with Crippen LogP contribution in [0.15, 0.2) is 47.4 Å². The Bertz CT molecular complexity index is 916. The number of halogens is 2. The minimum atomic E-state index is -3.77. The topological polar surface area (TPSA) is 66.5 Å². The van der Waals surface area contributed by atoms with Gasteiger partial charge in [-0.15, -0.1) is 11.8 Å². The van der Waals surface area contributed by atoms with Crippen LogP contribution < -0.4 is 9.62 Å². The molecule has 2 rings (SSSR count). The Morgan fingerprint density at radius 1 is 1.19 bits per heavy atom. The standard InChI is InChI=1S/C18H20Cl2N2O3S2/c1-4-16(18(23)21-15-7-5-6-8-17(15)26-2)22(27(3,24)25)14-10-12(19)9-13(20)11-14/h5-11,16H,4H2,1-3H3,(H,21,23). The van der Waals surface area contributed by atoms with Gasteiger partial charge in [-0.1, -0.05) is 42.3 Å². The maximum Gasteiger partial charge on any atom is 0.248 e. The predicted molar refractivity (Wildman–Crippen MR) is 115 cm³/mol. The zero-order valence-corrected chi connectivity index (χ0v) is 18.2. The Balaban J connectivity index is 2.44. The van der Waals surface area contributed by atoms with E-state index in [2.05, 4.69) is 5.32 Å².